The topological polar surface area (TPSA) is 52.6 Å². The molecule has 0 radical (unpaired) electrons. The lowest BCUT2D eigenvalue weighted by Gasteiger charge is -2.58. The van der Waals surface area contributed by atoms with E-state index in [1.807, 2.05) is 0 Å². The number of hydrogen-bond acceptors (Lipinski definition) is 4. The fourth-order valence-electron chi connectivity index (χ4n) is 3.24. The van der Waals surface area contributed by atoms with Gasteiger partial charge in [0.15, 0.2) is 0 Å². The average Bonchev–Trinajstić information content (AvgIpc) is 2.50. The van der Waals surface area contributed by atoms with E-state index < -0.39 is 0 Å². The Hall–Kier alpha value is -1.06. The van der Waals surface area contributed by atoms with Crippen molar-refractivity contribution in [3.63, 3.8) is 0 Å². The number of esters is 2. The molecule has 0 aromatic carbocycles. The number of rotatable bonds is 2. The van der Waals surface area contributed by atoms with Crippen molar-refractivity contribution in [3.05, 3.63) is 0 Å². The van der Waals surface area contributed by atoms with E-state index in [1.54, 1.807) is 6.92 Å². The Labute approximate surface area is 87.9 Å². The summed E-state index contributed by atoms with van der Waals surface area (Å²) in [6.45, 7) is 2.37. The van der Waals surface area contributed by atoms with Crippen molar-refractivity contribution in [1.29, 1.82) is 0 Å². The molecule has 1 aliphatic heterocycles. The molecule has 0 amide bonds. The van der Waals surface area contributed by atoms with Crippen LogP contribution >= 0.6 is 0 Å². The number of fused-ring (bicyclic) bond motifs is 4. The van der Waals surface area contributed by atoms with E-state index in [0.717, 1.165) is 6.42 Å². The number of hydrogen-bond donors (Lipinski definition) is 0. The molecular weight excluding hydrogens is 196 g/mol. The van der Waals surface area contributed by atoms with Crippen molar-refractivity contribution in [2.75, 3.05) is 6.61 Å². The molecule has 0 aromatic heterocycles. The van der Waals surface area contributed by atoms with Crippen molar-refractivity contribution >= 4 is 11.9 Å². The van der Waals surface area contributed by atoms with Crippen molar-refractivity contribution in [1.82, 2.24) is 0 Å². The van der Waals surface area contributed by atoms with Gasteiger partial charge in [-0.1, -0.05) is 6.92 Å². The number of carbonyl (C=O) groups is 2. The highest BCUT2D eigenvalue weighted by atomic mass is 16.6. The molecule has 5 unspecified atom stereocenters. The van der Waals surface area contributed by atoms with Crippen molar-refractivity contribution in [3.8, 4) is 0 Å². The Balaban J connectivity index is 1.64. The lowest BCUT2D eigenvalue weighted by Crippen LogP contribution is -2.62. The molecule has 4 heteroatoms. The first-order chi connectivity index (χ1) is 7.22. The summed E-state index contributed by atoms with van der Waals surface area (Å²) in [5.74, 6) is 1.03. The van der Waals surface area contributed by atoms with Crippen LogP contribution in [0.4, 0.5) is 0 Å². The van der Waals surface area contributed by atoms with Gasteiger partial charge < -0.3 is 9.47 Å². The maximum Gasteiger partial charge on any atom is 0.309 e. The zero-order chi connectivity index (χ0) is 10.6. The predicted molar refractivity (Wildman–Crippen MR) is 49.7 cm³/mol. The van der Waals surface area contributed by atoms with Gasteiger partial charge in [0.05, 0.1) is 12.5 Å². The second kappa shape index (κ2) is 2.97. The van der Waals surface area contributed by atoms with Gasteiger partial charge in [-0.05, 0) is 12.3 Å². The van der Waals surface area contributed by atoms with E-state index in [1.165, 1.54) is 0 Å². The van der Waals surface area contributed by atoms with Crippen LogP contribution in [-0.2, 0) is 19.1 Å². The summed E-state index contributed by atoms with van der Waals surface area (Å²) in [6.07, 6.45) is 1.31. The molecule has 2 saturated carbocycles. The van der Waals surface area contributed by atoms with Crippen LogP contribution < -0.4 is 0 Å². The van der Waals surface area contributed by atoms with Crippen LogP contribution in [0.3, 0.4) is 0 Å². The molecule has 0 bridgehead atoms. The van der Waals surface area contributed by atoms with Gasteiger partial charge in [0.1, 0.15) is 6.10 Å². The number of ether oxygens (including phenoxy) is 2. The van der Waals surface area contributed by atoms with Crippen molar-refractivity contribution in [2.24, 2.45) is 23.7 Å². The maximum atomic E-state index is 11.4. The normalized spacial score (nSPS) is 45.7. The lowest BCUT2D eigenvalue weighted by molar-refractivity contribution is -0.203. The van der Waals surface area contributed by atoms with Crippen molar-refractivity contribution < 1.29 is 19.1 Å². The largest absolute Gasteiger partial charge is 0.465 e. The van der Waals surface area contributed by atoms with E-state index in [9.17, 15) is 9.59 Å². The van der Waals surface area contributed by atoms with Crippen LogP contribution in [0.1, 0.15) is 19.8 Å². The molecule has 0 aromatic rings. The van der Waals surface area contributed by atoms with Crippen LogP contribution in [0, 0.1) is 23.7 Å². The molecule has 2 aliphatic carbocycles. The molecule has 3 rings (SSSR count). The summed E-state index contributed by atoms with van der Waals surface area (Å²) < 4.78 is 10.3. The van der Waals surface area contributed by atoms with E-state index in [-0.39, 0.29) is 29.9 Å². The van der Waals surface area contributed by atoms with Crippen LogP contribution in [0.25, 0.3) is 0 Å². The Bertz CT molecular complexity index is 325. The second-order valence-electron chi connectivity index (χ2n) is 4.68. The summed E-state index contributed by atoms with van der Waals surface area (Å²) in [5.41, 5.74) is 0. The summed E-state index contributed by atoms with van der Waals surface area (Å²) in [5, 5.41) is 0. The Morgan fingerprint density at radius 1 is 1.53 bits per heavy atom. The fraction of sp³-hybridized carbons (Fsp3) is 0.818. The van der Waals surface area contributed by atoms with Gasteiger partial charge in [-0.15, -0.1) is 0 Å². The second-order valence-corrected chi connectivity index (χ2v) is 4.68. The van der Waals surface area contributed by atoms with Gasteiger partial charge in [0, 0.05) is 18.3 Å². The van der Waals surface area contributed by atoms with Gasteiger partial charge in [-0.3, -0.25) is 9.59 Å². The Morgan fingerprint density at radius 3 is 3.07 bits per heavy atom. The molecule has 1 heterocycles. The Morgan fingerprint density at radius 2 is 2.33 bits per heavy atom. The zero-order valence-corrected chi connectivity index (χ0v) is 8.64. The minimum Gasteiger partial charge on any atom is -0.465 e. The first-order valence-electron chi connectivity index (χ1n) is 5.58. The summed E-state index contributed by atoms with van der Waals surface area (Å²) >= 11 is 0. The number of carbonyl (C=O) groups excluding carboxylic acids is 2. The van der Waals surface area contributed by atoms with Crippen LogP contribution in [0.5, 0.6) is 0 Å². The van der Waals surface area contributed by atoms with Gasteiger partial charge in [-0.25, -0.2) is 0 Å². The number of cyclic esters (lactones) is 1. The zero-order valence-electron chi connectivity index (χ0n) is 8.64. The highest BCUT2D eigenvalue weighted by Gasteiger charge is 2.67. The summed E-state index contributed by atoms with van der Waals surface area (Å²) in [6, 6.07) is 0. The van der Waals surface area contributed by atoms with Crippen molar-refractivity contribution in [2.45, 2.75) is 25.9 Å². The third kappa shape index (κ3) is 1.08. The molecule has 5 atom stereocenters. The van der Waals surface area contributed by atoms with Crippen LogP contribution in [0.15, 0.2) is 0 Å². The quantitative estimate of drug-likeness (QED) is 0.631. The van der Waals surface area contributed by atoms with Gasteiger partial charge in [0.2, 0.25) is 0 Å². The van der Waals surface area contributed by atoms with Gasteiger partial charge in [0.25, 0.3) is 0 Å². The standard InChI is InChI=1S/C11H14O4/c1-2-8(12)15-7-3-5-6-4-14-11(13)10(6)9(5)7/h5-7,9-10H,2-4H2,1H3. The fourth-order valence-corrected chi connectivity index (χ4v) is 3.24. The van der Waals surface area contributed by atoms with Gasteiger partial charge in [-0.2, -0.15) is 0 Å². The summed E-state index contributed by atoms with van der Waals surface area (Å²) in [4.78, 5) is 22.5. The maximum absolute atomic E-state index is 11.4. The molecule has 4 nitrogen and oxygen atoms in total. The monoisotopic (exact) mass is 210 g/mol. The molecule has 82 valence electrons. The lowest BCUT2D eigenvalue weighted by atomic mass is 9.46. The third-order valence-corrected chi connectivity index (χ3v) is 4.12. The minimum absolute atomic E-state index is 0.0191. The minimum atomic E-state index is -0.159. The smallest absolute Gasteiger partial charge is 0.309 e. The van der Waals surface area contributed by atoms with E-state index in [2.05, 4.69) is 0 Å². The SMILES string of the molecule is CCC(=O)OC1CC2C3COC(=O)C3C12. The third-order valence-electron chi connectivity index (χ3n) is 4.12. The van der Waals surface area contributed by atoms with Gasteiger partial charge >= 0.3 is 11.9 Å². The van der Waals surface area contributed by atoms with E-state index in [4.69, 9.17) is 9.47 Å². The molecular formula is C11H14O4. The van der Waals surface area contributed by atoms with E-state index in [0.29, 0.717) is 24.9 Å². The molecule has 0 N–H and O–H groups in total. The molecule has 1 saturated heterocycles. The predicted octanol–water partition coefficient (Wildman–Crippen LogP) is 0.747. The first kappa shape index (κ1) is 9.19. The molecule has 15 heavy (non-hydrogen) atoms. The molecule has 3 fully saturated rings. The Kier molecular flexibility index (Phi) is 1.82. The summed E-state index contributed by atoms with van der Waals surface area (Å²) in [7, 11) is 0. The van der Waals surface area contributed by atoms with Crippen LogP contribution in [0.2, 0.25) is 0 Å². The van der Waals surface area contributed by atoms with Crippen LogP contribution in [-0.4, -0.2) is 24.6 Å². The van der Waals surface area contributed by atoms with E-state index >= 15 is 0 Å². The highest BCUT2D eigenvalue weighted by Crippen LogP contribution is 2.61. The molecule has 3 aliphatic rings. The first-order valence-corrected chi connectivity index (χ1v) is 5.58. The average molecular weight is 210 g/mol. The highest BCUT2D eigenvalue weighted by molar-refractivity contribution is 5.77. The molecule has 0 spiro atoms.